The van der Waals surface area contributed by atoms with Crippen LogP contribution in [0.2, 0.25) is 18.1 Å². The van der Waals surface area contributed by atoms with Gasteiger partial charge >= 0.3 is 0 Å². The highest BCUT2D eigenvalue weighted by molar-refractivity contribution is 7.88. The van der Waals surface area contributed by atoms with Crippen LogP contribution in [-0.4, -0.2) is 57.9 Å². The first kappa shape index (κ1) is 23.9. The molecule has 1 aromatic heterocycles. The molecule has 2 aromatic rings. The van der Waals surface area contributed by atoms with E-state index in [9.17, 15) is 8.42 Å². The van der Waals surface area contributed by atoms with Crippen molar-refractivity contribution in [2.75, 3.05) is 12.9 Å². The number of nitrogens with zero attached hydrogens (tertiary/aromatic N) is 1. The van der Waals surface area contributed by atoms with Crippen LogP contribution in [0.3, 0.4) is 0 Å². The second-order valence-electron chi connectivity index (χ2n) is 10.9. The first-order chi connectivity index (χ1) is 14.6. The molecule has 0 unspecified atom stereocenters. The second-order valence-corrected chi connectivity index (χ2v) is 17.6. The van der Waals surface area contributed by atoms with Crippen LogP contribution in [0.5, 0.6) is 0 Å². The van der Waals surface area contributed by atoms with Gasteiger partial charge in [0.1, 0.15) is 29.6 Å². The van der Waals surface area contributed by atoms with Crippen LogP contribution in [0.1, 0.15) is 46.4 Å². The van der Waals surface area contributed by atoms with Gasteiger partial charge in [0.15, 0.2) is 14.1 Å². The third kappa shape index (κ3) is 4.19. The maximum absolute atomic E-state index is 13.1. The highest BCUT2D eigenvalue weighted by Gasteiger charge is 2.62. The molecule has 9 heteroatoms. The fourth-order valence-electron chi connectivity index (χ4n) is 4.42. The Bertz CT molecular complexity index is 1070. The summed E-state index contributed by atoms with van der Waals surface area (Å²) in [6.07, 6.45) is 0.282. The Hall–Kier alpha value is -1.23. The number of para-hydroxylation sites is 1. The maximum atomic E-state index is 13.1. The van der Waals surface area contributed by atoms with E-state index in [1.807, 2.05) is 44.2 Å². The minimum atomic E-state index is -3.62. The van der Waals surface area contributed by atoms with Crippen LogP contribution in [0.25, 0.3) is 11.0 Å². The Labute approximate surface area is 192 Å². The van der Waals surface area contributed by atoms with Crippen LogP contribution < -0.4 is 0 Å². The predicted octanol–water partition coefficient (Wildman–Crippen LogP) is 4.66. The van der Waals surface area contributed by atoms with Crippen LogP contribution in [0.15, 0.2) is 34.7 Å². The largest absolute Gasteiger partial charge is 0.459 e. The van der Waals surface area contributed by atoms with Crippen LogP contribution in [-0.2, 0) is 23.9 Å². The molecule has 7 nitrogen and oxygen atoms in total. The zero-order valence-electron chi connectivity index (χ0n) is 20.2. The molecule has 4 rings (SSSR count). The predicted molar refractivity (Wildman–Crippen MR) is 126 cm³/mol. The smallest absolute Gasteiger partial charge is 0.212 e. The van der Waals surface area contributed by atoms with Crippen molar-refractivity contribution in [3.05, 3.63) is 36.1 Å². The third-order valence-electron chi connectivity index (χ3n) is 7.00. The van der Waals surface area contributed by atoms with Crippen molar-refractivity contribution in [3.8, 4) is 0 Å². The van der Waals surface area contributed by atoms with Gasteiger partial charge in [0.05, 0.1) is 18.9 Å². The molecule has 0 saturated carbocycles. The Balaban J connectivity index is 1.76. The molecule has 32 heavy (non-hydrogen) atoms. The Morgan fingerprint density at radius 3 is 2.34 bits per heavy atom. The van der Waals surface area contributed by atoms with Gasteiger partial charge in [-0.3, -0.25) is 0 Å². The van der Waals surface area contributed by atoms with Gasteiger partial charge in [-0.25, -0.2) is 8.42 Å². The molecular formula is C23H35NO6SSi. The summed E-state index contributed by atoms with van der Waals surface area (Å²) < 4.78 is 52.8. The van der Waals surface area contributed by atoms with E-state index in [0.29, 0.717) is 11.3 Å². The Kier molecular flexibility index (Phi) is 5.71. The van der Waals surface area contributed by atoms with E-state index in [-0.39, 0.29) is 11.6 Å². The van der Waals surface area contributed by atoms with Gasteiger partial charge in [0.25, 0.3) is 0 Å². The van der Waals surface area contributed by atoms with E-state index in [0.717, 1.165) is 5.39 Å². The number of fused-ring (bicyclic) bond motifs is 2. The number of hydrogen-bond donors (Lipinski definition) is 0. The minimum absolute atomic E-state index is 0.00532. The van der Waals surface area contributed by atoms with Gasteiger partial charge in [0, 0.05) is 5.39 Å². The van der Waals surface area contributed by atoms with Crippen LogP contribution >= 0.6 is 0 Å². The Morgan fingerprint density at radius 1 is 1.12 bits per heavy atom. The van der Waals surface area contributed by atoms with Gasteiger partial charge in [0.2, 0.25) is 10.0 Å². The van der Waals surface area contributed by atoms with Gasteiger partial charge in [-0.05, 0) is 44.1 Å². The van der Waals surface area contributed by atoms with E-state index in [1.54, 1.807) is 0 Å². The zero-order valence-corrected chi connectivity index (χ0v) is 22.0. The zero-order chi connectivity index (χ0) is 23.7. The maximum Gasteiger partial charge on any atom is 0.212 e. The van der Waals surface area contributed by atoms with Crippen molar-refractivity contribution in [1.82, 2.24) is 4.31 Å². The SMILES string of the molecule is CC1(C)O[C@@H]2[C@H](O1)[C@H](CO[Si](C)(C)C(C)(C)C)N(S(C)(=O)=O)[C@@H]2c1cc2ccccc2o1. The highest BCUT2D eigenvalue weighted by atomic mass is 32.2. The van der Waals surface area contributed by atoms with Gasteiger partial charge in [-0.2, -0.15) is 4.31 Å². The van der Waals surface area contributed by atoms with Crippen molar-refractivity contribution < 1.29 is 26.7 Å². The van der Waals surface area contributed by atoms with Gasteiger partial charge < -0.3 is 18.3 Å². The standard InChI is InChI=1S/C23H35NO6SSi/c1-22(2,3)32(7,8)27-14-16-20-21(30-23(4,5)29-20)19(24(16)31(6,25)26)18-13-15-11-9-10-12-17(15)28-18/h9-13,16,19-21H,14H2,1-8H3/t16-,19+,20+,21-/m0/s1. The number of hydrogen-bond acceptors (Lipinski definition) is 6. The fourth-order valence-corrected chi connectivity index (χ4v) is 6.75. The molecule has 0 spiro atoms. The van der Waals surface area contributed by atoms with E-state index < -0.39 is 48.4 Å². The van der Waals surface area contributed by atoms with E-state index in [1.165, 1.54) is 10.6 Å². The lowest BCUT2D eigenvalue weighted by Gasteiger charge is -2.38. The normalized spacial score (nSPS) is 29.0. The lowest BCUT2D eigenvalue weighted by Crippen LogP contribution is -2.49. The molecular weight excluding hydrogens is 446 g/mol. The summed E-state index contributed by atoms with van der Waals surface area (Å²) in [5.41, 5.74) is 0.714. The average molecular weight is 482 g/mol. The lowest BCUT2D eigenvalue weighted by atomic mass is 10.1. The molecule has 2 saturated heterocycles. The van der Waals surface area contributed by atoms with Crippen molar-refractivity contribution in [1.29, 1.82) is 0 Å². The molecule has 1 aromatic carbocycles. The number of furan rings is 1. The molecule has 4 atom stereocenters. The first-order valence-corrected chi connectivity index (χ1v) is 15.8. The van der Waals surface area contributed by atoms with Crippen molar-refractivity contribution in [2.24, 2.45) is 0 Å². The van der Waals surface area contributed by atoms with E-state index >= 15 is 0 Å². The molecule has 0 aliphatic carbocycles. The summed E-state index contributed by atoms with van der Waals surface area (Å²) in [5.74, 6) is -0.263. The monoisotopic (exact) mass is 481 g/mol. The molecule has 0 radical (unpaired) electrons. The summed E-state index contributed by atoms with van der Waals surface area (Å²) in [7, 11) is -5.73. The summed E-state index contributed by atoms with van der Waals surface area (Å²) in [5, 5.41) is 0.928. The van der Waals surface area contributed by atoms with Gasteiger partial charge in [-0.1, -0.05) is 39.0 Å². The summed E-state index contributed by atoms with van der Waals surface area (Å²) in [6, 6.07) is 8.43. The molecule has 0 bridgehead atoms. The number of benzene rings is 1. The minimum Gasteiger partial charge on any atom is -0.459 e. The molecule has 178 valence electrons. The topological polar surface area (TPSA) is 78.2 Å². The molecule has 0 amide bonds. The van der Waals surface area contributed by atoms with E-state index in [4.69, 9.17) is 18.3 Å². The molecule has 0 N–H and O–H groups in total. The quantitative estimate of drug-likeness (QED) is 0.578. The summed E-state index contributed by atoms with van der Waals surface area (Å²) in [6.45, 7) is 14.8. The second kappa shape index (κ2) is 7.64. The fraction of sp³-hybridized carbons (Fsp3) is 0.652. The molecule has 2 fully saturated rings. The Morgan fingerprint density at radius 2 is 1.75 bits per heavy atom. The van der Waals surface area contributed by atoms with Crippen LogP contribution in [0.4, 0.5) is 0 Å². The lowest BCUT2D eigenvalue weighted by molar-refractivity contribution is -0.164. The molecule has 2 aliphatic rings. The third-order valence-corrected chi connectivity index (χ3v) is 12.8. The van der Waals surface area contributed by atoms with Gasteiger partial charge in [-0.15, -0.1) is 0 Å². The molecule has 2 aliphatic heterocycles. The molecule has 3 heterocycles. The van der Waals surface area contributed by atoms with Crippen molar-refractivity contribution in [2.45, 2.75) is 82.8 Å². The highest BCUT2D eigenvalue weighted by Crippen LogP contribution is 2.49. The van der Waals surface area contributed by atoms with Crippen LogP contribution in [0, 0.1) is 0 Å². The average Bonchev–Trinajstić information content (AvgIpc) is 3.26. The number of sulfonamides is 1. The first-order valence-electron chi connectivity index (χ1n) is 11.1. The van der Waals surface area contributed by atoms with E-state index in [2.05, 4.69) is 33.9 Å². The number of ether oxygens (including phenoxy) is 2. The van der Waals surface area contributed by atoms with Crippen molar-refractivity contribution in [3.63, 3.8) is 0 Å². The summed E-state index contributed by atoms with van der Waals surface area (Å²) in [4.78, 5) is 0. The van der Waals surface area contributed by atoms with Crippen molar-refractivity contribution >= 4 is 29.3 Å². The summed E-state index contributed by atoms with van der Waals surface area (Å²) >= 11 is 0. The number of rotatable bonds is 5.